The minimum Gasteiger partial charge on any atom is -0.355 e. The Morgan fingerprint density at radius 1 is 1.07 bits per heavy atom. The summed E-state index contributed by atoms with van der Waals surface area (Å²) in [5.41, 5.74) is 1.90. The van der Waals surface area contributed by atoms with Crippen molar-refractivity contribution in [3.05, 3.63) is 48.2 Å². The van der Waals surface area contributed by atoms with Crippen LogP contribution in [0.3, 0.4) is 0 Å². The SMILES string of the molecule is Cc1nccnc1N1CCC(N2CCCC(C(=O)NCc3ccccn3)C2)CC1. The van der Waals surface area contributed by atoms with Crippen LogP contribution in [0.1, 0.15) is 37.1 Å². The molecule has 0 bridgehead atoms. The van der Waals surface area contributed by atoms with Crippen LogP contribution in [0.5, 0.6) is 0 Å². The molecule has 0 saturated carbocycles. The minimum absolute atomic E-state index is 0.0766. The number of pyridine rings is 1. The number of anilines is 1. The highest BCUT2D eigenvalue weighted by molar-refractivity contribution is 5.78. The Bertz CT molecular complexity index is 806. The molecule has 1 unspecified atom stereocenters. The van der Waals surface area contributed by atoms with Crippen molar-refractivity contribution in [1.82, 2.24) is 25.2 Å². The van der Waals surface area contributed by atoms with Gasteiger partial charge in [0.15, 0.2) is 0 Å². The summed E-state index contributed by atoms with van der Waals surface area (Å²) >= 11 is 0. The molecule has 2 aromatic heterocycles. The van der Waals surface area contributed by atoms with E-state index in [1.54, 1.807) is 18.6 Å². The Morgan fingerprint density at radius 3 is 2.66 bits per heavy atom. The lowest BCUT2D eigenvalue weighted by atomic mass is 9.93. The summed E-state index contributed by atoms with van der Waals surface area (Å²) < 4.78 is 0. The summed E-state index contributed by atoms with van der Waals surface area (Å²) in [6.45, 7) is 6.48. The number of carbonyl (C=O) groups excluding carboxylic acids is 1. The van der Waals surface area contributed by atoms with Gasteiger partial charge in [-0.1, -0.05) is 6.07 Å². The number of aryl methyl sites for hydroxylation is 1. The second-order valence-corrected chi connectivity index (χ2v) is 8.06. The predicted octanol–water partition coefficient (Wildman–Crippen LogP) is 2.18. The van der Waals surface area contributed by atoms with Crippen molar-refractivity contribution >= 4 is 11.7 Å². The van der Waals surface area contributed by atoms with Gasteiger partial charge in [0.05, 0.1) is 23.9 Å². The van der Waals surface area contributed by atoms with E-state index in [0.29, 0.717) is 12.6 Å². The fourth-order valence-electron chi connectivity index (χ4n) is 4.53. The van der Waals surface area contributed by atoms with Crippen molar-refractivity contribution in [2.45, 2.75) is 45.2 Å². The van der Waals surface area contributed by atoms with Crippen LogP contribution in [0, 0.1) is 12.8 Å². The molecule has 29 heavy (non-hydrogen) atoms. The maximum atomic E-state index is 12.7. The fourth-order valence-corrected chi connectivity index (χ4v) is 4.53. The molecule has 1 atom stereocenters. The molecule has 1 N–H and O–H groups in total. The van der Waals surface area contributed by atoms with Crippen molar-refractivity contribution in [1.29, 1.82) is 0 Å². The first-order chi connectivity index (χ1) is 14.2. The summed E-state index contributed by atoms with van der Waals surface area (Å²) in [5, 5.41) is 3.08. The van der Waals surface area contributed by atoms with E-state index in [2.05, 4.69) is 30.1 Å². The quantitative estimate of drug-likeness (QED) is 0.838. The molecule has 4 rings (SSSR count). The third-order valence-corrected chi connectivity index (χ3v) is 6.13. The zero-order chi connectivity index (χ0) is 20.1. The second-order valence-electron chi connectivity index (χ2n) is 8.06. The van der Waals surface area contributed by atoms with Crippen molar-refractivity contribution < 1.29 is 4.79 Å². The summed E-state index contributed by atoms with van der Waals surface area (Å²) in [5.74, 6) is 1.25. The molecule has 4 heterocycles. The lowest BCUT2D eigenvalue weighted by molar-refractivity contribution is -0.127. The first kappa shape index (κ1) is 19.8. The van der Waals surface area contributed by atoms with Crippen LogP contribution in [0.2, 0.25) is 0 Å². The van der Waals surface area contributed by atoms with Gasteiger partial charge in [-0.3, -0.25) is 19.7 Å². The molecular formula is C22H30N6O. The number of likely N-dealkylation sites (tertiary alicyclic amines) is 1. The van der Waals surface area contributed by atoms with E-state index in [1.807, 2.05) is 25.1 Å². The van der Waals surface area contributed by atoms with Crippen LogP contribution in [0.15, 0.2) is 36.8 Å². The third kappa shape index (κ3) is 4.90. The van der Waals surface area contributed by atoms with E-state index >= 15 is 0 Å². The van der Waals surface area contributed by atoms with Gasteiger partial charge < -0.3 is 10.2 Å². The van der Waals surface area contributed by atoms with E-state index in [0.717, 1.165) is 69.1 Å². The topological polar surface area (TPSA) is 74.2 Å². The molecule has 2 fully saturated rings. The number of rotatable bonds is 5. The number of nitrogens with one attached hydrogen (secondary N) is 1. The maximum Gasteiger partial charge on any atom is 0.224 e. The fraction of sp³-hybridized carbons (Fsp3) is 0.545. The smallest absolute Gasteiger partial charge is 0.224 e. The molecule has 154 valence electrons. The van der Waals surface area contributed by atoms with Gasteiger partial charge in [0.1, 0.15) is 5.82 Å². The monoisotopic (exact) mass is 394 g/mol. The molecule has 0 radical (unpaired) electrons. The molecule has 0 aromatic carbocycles. The van der Waals surface area contributed by atoms with E-state index < -0.39 is 0 Å². The van der Waals surface area contributed by atoms with Gasteiger partial charge in [-0.25, -0.2) is 4.98 Å². The summed E-state index contributed by atoms with van der Waals surface area (Å²) in [7, 11) is 0. The van der Waals surface area contributed by atoms with Crippen LogP contribution >= 0.6 is 0 Å². The lowest BCUT2D eigenvalue weighted by Crippen LogP contribution is -2.51. The van der Waals surface area contributed by atoms with Crippen molar-refractivity contribution in [3.8, 4) is 0 Å². The van der Waals surface area contributed by atoms with Crippen LogP contribution in [0.25, 0.3) is 0 Å². The molecule has 7 heteroatoms. The normalized spacial score (nSPS) is 21.1. The van der Waals surface area contributed by atoms with Crippen molar-refractivity contribution in [2.24, 2.45) is 5.92 Å². The molecule has 2 aliphatic rings. The zero-order valence-electron chi connectivity index (χ0n) is 17.1. The highest BCUT2D eigenvalue weighted by atomic mass is 16.1. The molecule has 2 aromatic rings. The predicted molar refractivity (Wildman–Crippen MR) is 112 cm³/mol. The van der Waals surface area contributed by atoms with Gasteiger partial charge in [-0.05, 0) is 51.3 Å². The lowest BCUT2D eigenvalue weighted by Gasteiger charge is -2.42. The number of piperidine rings is 2. The molecule has 7 nitrogen and oxygen atoms in total. The molecule has 2 saturated heterocycles. The van der Waals surface area contributed by atoms with Gasteiger partial charge in [-0.15, -0.1) is 0 Å². The molecule has 0 spiro atoms. The van der Waals surface area contributed by atoms with E-state index in [9.17, 15) is 4.79 Å². The third-order valence-electron chi connectivity index (χ3n) is 6.13. The molecule has 1 amide bonds. The first-order valence-corrected chi connectivity index (χ1v) is 10.6. The summed E-state index contributed by atoms with van der Waals surface area (Å²) in [6, 6.07) is 6.34. The highest BCUT2D eigenvalue weighted by Gasteiger charge is 2.32. The van der Waals surface area contributed by atoms with Gasteiger partial charge >= 0.3 is 0 Å². The van der Waals surface area contributed by atoms with Crippen molar-refractivity contribution in [2.75, 3.05) is 31.1 Å². The van der Waals surface area contributed by atoms with Crippen LogP contribution in [-0.4, -0.2) is 58.0 Å². The molecular weight excluding hydrogens is 364 g/mol. The van der Waals surface area contributed by atoms with Gasteiger partial charge in [0.25, 0.3) is 0 Å². The molecule has 2 aliphatic heterocycles. The Labute approximate surface area is 172 Å². The van der Waals surface area contributed by atoms with E-state index in [-0.39, 0.29) is 11.8 Å². The van der Waals surface area contributed by atoms with E-state index in [1.165, 1.54) is 0 Å². The number of amides is 1. The van der Waals surface area contributed by atoms with Crippen LogP contribution in [0.4, 0.5) is 5.82 Å². The number of hydrogen-bond donors (Lipinski definition) is 1. The second kappa shape index (κ2) is 9.31. The molecule has 0 aliphatic carbocycles. The number of carbonyl (C=O) groups is 1. The van der Waals surface area contributed by atoms with Gasteiger partial charge in [0, 0.05) is 44.3 Å². The highest BCUT2D eigenvalue weighted by Crippen LogP contribution is 2.26. The first-order valence-electron chi connectivity index (χ1n) is 10.6. The minimum atomic E-state index is 0.0766. The Morgan fingerprint density at radius 2 is 1.90 bits per heavy atom. The Balaban J connectivity index is 1.28. The zero-order valence-corrected chi connectivity index (χ0v) is 17.1. The Kier molecular flexibility index (Phi) is 6.34. The van der Waals surface area contributed by atoms with Gasteiger partial charge in [0.2, 0.25) is 5.91 Å². The van der Waals surface area contributed by atoms with Crippen LogP contribution < -0.4 is 10.2 Å². The average Bonchev–Trinajstić information content (AvgIpc) is 2.79. The Hall–Kier alpha value is -2.54. The summed E-state index contributed by atoms with van der Waals surface area (Å²) in [6.07, 6.45) is 9.56. The van der Waals surface area contributed by atoms with Crippen molar-refractivity contribution in [3.63, 3.8) is 0 Å². The summed E-state index contributed by atoms with van der Waals surface area (Å²) in [4.78, 5) is 30.7. The standard InChI is InChI=1S/C22H30N6O/c1-17-21(25-11-10-23-17)27-13-7-20(8-14-27)28-12-4-5-18(16-28)22(29)26-15-19-6-2-3-9-24-19/h2-3,6,9-11,18,20H,4-5,7-8,12-16H2,1H3,(H,26,29). The largest absolute Gasteiger partial charge is 0.355 e. The maximum absolute atomic E-state index is 12.7. The van der Waals surface area contributed by atoms with Crippen LogP contribution in [-0.2, 0) is 11.3 Å². The van der Waals surface area contributed by atoms with E-state index in [4.69, 9.17) is 0 Å². The number of nitrogens with zero attached hydrogens (tertiary/aromatic N) is 5. The number of hydrogen-bond acceptors (Lipinski definition) is 6. The average molecular weight is 395 g/mol. The number of aromatic nitrogens is 3. The van der Waals surface area contributed by atoms with Gasteiger partial charge in [-0.2, -0.15) is 0 Å².